The minimum Gasteiger partial charge on any atom is -0.793 e. The Balaban J connectivity index is 0. The molecule has 3 nitrogen and oxygen atoms in total. The molecule has 10 heavy (non-hydrogen) atoms. The normalized spacial score (nSPS) is 8.10. The molecule has 0 aliphatic carbocycles. The van der Waals surface area contributed by atoms with Crippen LogP contribution >= 0.6 is 0 Å². The number of hydrogen-bond donors (Lipinski definition) is 2. The van der Waals surface area contributed by atoms with Crippen molar-refractivity contribution in [2.24, 2.45) is 0 Å². The second-order valence-electron chi connectivity index (χ2n) is 1.64. The van der Waals surface area contributed by atoms with Gasteiger partial charge in [-0.25, -0.2) is 4.79 Å². The molecular weight excluding hydrogens is 189 g/mol. The van der Waals surface area contributed by atoms with E-state index in [1.54, 1.807) is 0 Å². The fourth-order valence-corrected chi connectivity index (χ4v) is 0.627. The Morgan fingerprint density at radius 3 is 2.50 bits per heavy atom. The van der Waals surface area contributed by atoms with Gasteiger partial charge in [0.15, 0.2) is 0 Å². The fourth-order valence-electron chi connectivity index (χ4n) is 0.422. The van der Waals surface area contributed by atoms with Gasteiger partial charge in [-0.1, -0.05) is 6.42 Å². The van der Waals surface area contributed by atoms with Gasteiger partial charge in [0.25, 0.3) is 0 Å². The summed E-state index contributed by atoms with van der Waals surface area (Å²) < 4.78 is 0. The van der Waals surface area contributed by atoms with E-state index in [9.17, 15) is 4.79 Å². The van der Waals surface area contributed by atoms with Crippen molar-refractivity contribution in [3.63, 3.8) is 0 Å². The number of carbonyl (C=O) groups is 1. The summed E-state index contributed by atoms with van der Waals surface area (Å²) in [6, 6.07) is 0. The van der Waals surface area contributed by atoms with E-state index < -0.39 is 6.09 Å². The Morgan fingerprint density at radius 2 is 2.10 bits per heavy atom. The molecule has 5 heteroatoms. The third kappa shape index (κ3) is 11.1. The number of hydrogen-bond acceptors (Lipinski definition) is 2. The first-order chi connectivity index (χ1) is 4.27. The molecular formula is C5H10NO2SV-. The molecule has 0 rings (SSSR count). The molecule has 0 bridgehead atoms. The van der Waals surface area contributed by atoms with Crippen molar-refractivity contribution in [2.75, 3.05) is 12.3 Å². The van der Waals surface area contributed by atoms with E-state index in [0.717, 1.165) is 12.8 Å². The third-order valence-corrected chi connectivity index (χ3v) is 1.14. The number of nitrogens with one attached hydrogen (secondary N) is 1. The maximum atomic E-state index is 9.83. The molecule has 0 spiro atoms. The molecule has 0 fully saturated rings. The third-order valence-electron chi connectivity index (χ3n) is 0.847. The minimum absolute atomic E-state index is 0. The topological polar surface area (TPSA) is 49.3 Å². The first kappa shape index (κ1) is 12.8. The second kappa shape index (κ2) is 9.20. The largest absolute Gasteiger partial charge is 0.793 e. The zero-order chi connectivity index (χ0) is 7.11. The van der Waals surface area contributed by atoms with Crippen LogP contribution in [0.4, 0.5) is 4.79 Å². The molecule has 0 heterocycles. The predicted octanol–water partition coefficient (Wildman–Crippen LogP) is 0.579. The van der Waals surface area contributed by atoms with Gasteiger partial charge >= 0.3 is 6.09 Å². The zero-order valence-electron chi connectivity index (χ0n) is 5.54. The van der Waals surface area contributed by atoms with Crippen molar-refractivity contribution in [3.8, 4) is 0 Å². The molecule has 0 aliphatic rings. The van der Waals surface area contributed by atoms with Crippen LogP contribution in [0.5, 0.6) is 0 Å². The summed E-state index contributed by atoms with van der Waals surface area (Å²) in [5.41, 5.74) is 0. The molecule has 1 radical (unpaired) electrons. The number of unbranched alkanes of at least 4 members (excludes halogenated alkanes) is 1. The fraction of sp³-hybridized carbons (Fsp3) is 0.800. The van der Waals surface area contributed by atoms with E-state index in [1.807, 2.05) is 0 Å². The minimum atomic E-state index is -0.959. The number of rotatable bonds is 4. The van der Waals surface area contributed by atoms with Crippen LogP contribution in [0.15, 0.2) is 0 Å². The van der Waals surface area contributed by atoms with Gasteiger partial charge in [0.1, 0.15) is 0 Å². The summed E-state index contributed by atoms with van der Waals surface area (Å²) in [6.45, 7) is 0.520. The Morgan fingerprint density at radius 1 is 1.50 bits per heavy atom. The van der Waals surface area contributed by atoms with Crippen molar-refractivity contribution in [1.29, 1.82) is 0 Å². The quantitative estimate of drug-likeness (QED) is 0.514. The molecule has 0 saturated carbocycles. The van der Waals surface area contributed by atoms with E-state index in [4.69, 9.17) is 5.11 Å². The summed E-state index contributed by atoms with van der Waals surface area (Å²) >= 11 is 4.66. The van der Waals surface area contributed by atoms with Crippen LogP contribution in [-0.2, 0) is 31.2 Å². The van der Waals surface area contributed by atoms with Crippen molar-refractivity contribution in [1.82, 2.24) is 5.32 Å². The Kier molecular flexibility index (Phi) is 11.8. The van der Waals surface area contributed by atoms with Crippen LogP contribution in [0.3, 0.4) is 0 Å². The smallest absolute Gasteiger partial charge is 0.404 e. The molecule has 0 aliphatic heterocycles. The van der Waals surface area contributed by atoms with Gasteiger partial charge in [-0.3, -0.25) is 0 Å². The van der Waals surface area contributed by atoms with Crippen molar-refractivity contribution >= 4 is 18.7 Å². The van der Waals surface area contributed by atoms with Gasteiger partial charge in [-0.05, 0) is 6.42 Å². The Bertz CT molecular complexity index is 91.7. The molecule has 0 aromatic carbocycles. The molecule has 1 amide bonds. The SMILES string of the molecule is O=C(O)NCCCC[S-].[V]. The Labute approximate surface area is 77.9 Å². The van der Waals surface area contributed by atoms with Gasteiger partial charge in [-0.15, -0.1) is 0 Å². The van der Waals surface area contributed by atoms with Gasteiger partial charge in [0.05, 0.1) is 0 Å². The monoisotopic (exact) mass is 199 g/mol. The predicted molar refractivity (Wildman–Crippen MR) is 37.5 cm³/mol. The van der Waals surface area contributed by atoms with E-state index in [2.05, 4.69) is 17.9 Å². The van der Waals surface area contributed by atoms with Crippen LogP contribution in [-0.4, -0.2) is 23.5 Å². The van der Waals surface area contributed by atoms with Crippen molar-refractivity contribution < 1.29 is 28.5 Å². The van der Waals surface area contributed by atoms with E-state index in [-0.39, 0.29) is 18.6 Å². The zero-order valence-corrected chi connectivity index (χ0v) is 7.75. The van der Waals surface area contributed by atoms with Crippen LogP contribution in [0.25, 0.3) is 0 Å². The summed E-state index contributed by atoms with van der Waals surface area (Å²) in [5, 5.41) is 10.3. The number of carboxylic acid groups (broad SMARTS) is 1. The van der Waals surface area contributed by atoms with Crippen molar-refractivity contribution in [3.05, 3.63) is 0 Å². The summed E-state index contributed by atoms with van der Waals surface area (Å²) in [7, 11) is 0. The molecule has 0 unspecified atom stereocenters. The average molecular weight is 199 g/mol. The maximum Gasteiger partial charge on any atom is 0.404 e. The summed E-state index contributed by atoms with van der Waals surface area (Å²) in [6.07, 6.45) is 0.796. The van der Waals surface area contributed by atoms with Crippen LogP contribution < -0.4 is 5.32 Å². The molecule has 0 atom stereocenters. The van der Waals surface area contributed by atoms with E-state index >= 15 is 0 Å². The molecule has 0 aromatic rings. The van der Waals surface area contributed by atoms with Gasteiger partial charge in [0.2, 0.25) is 0 Å². The summed E-state index contributed by atoms with van der Waals surface area (Å²) in [4.78, 5) is 9.83. The Hall–Kier alpha value is 0.204. The average Bonchev–Trinajstić information content (AvgIpc) is 1.80. The summed E-state index contributed by atoms with van der Waals surface area (Å²) in [5.74, 6) is 0.710. The van der Waals surface area contributed by atoms with E-state index in [0.29, 0.717) is 12.3 Å². The molecule has 0 aromatic heterocycles. The van der Waals surface area contributed by atoms with Gasteiger partial charge in [0, 0.05) is 25.1 Å². The maximum absolute atomic E-state index is 9.83. The molecule has 59 valence electrons. The van der Waals surface area contributed by atoms with E-state index in [1.165, 1.54) is 0 Å². The first-order valence-electron chi connectivity index (χ1n) is 2.82. The second-order valence-corrected chi connectivity index (χ2v) is 2.05. The molecule has 2 N–H and O–H groups in total. The van der Waals surface area contributed by atoms with Crippen LogP contribution in [0.1, 0.15) is 12.8 Å². The number of amides is 1. The first-order valence-corrected chi connectivity index (χ1v) is 3.40. The van der Waals surface area contributed by atoms with Crippen LogP contribution in [0.2, 0.25) is 0 Å². The van der Waals surface area contributed by atoms with Gasteiger partial charge < -0.3 is 23.1 Å². The molecule has 0 saturated heterocycles. The standard InChI is InChI=1S/C5H11NO2S.V/c7-5(8)6-3-1-2-4-9;/h6,9H,1-4H2,(H,7,8);/p-1. The van der Waals surface area contributed by atoms with Gasteiger partial charge in [-0.2, -0.15) is 5.75 Å². The van der Waals surface area contributed by atoms with Crippen LogP contribution in [0, 0.1) is 0 Å². The van der Waals surface area contributed by atoms with Crippen molar-refractivity contribution in [2.45, 2.75) is 12.8 Å².